The van der Waals surface area contributed by atoms with Gasteiger partial charge in [-0.3, -0.25) is 0 Å². The second-order valence-electron chi connectivity index (χ2n) is 9.49. The lowest BCUT2D eigenvalue weighted by atomic mass is 9.90. The van der Waals surface area contributed by atoms with Crippen LogP contribution >= 0.6 is 11.3 Å². The highest BCUT2D eigenvalue weighted by Crippen LogP contribution is 2.39. The summed E-state index contributed by atoms with van der Waals surface area (Å²) in [5, 5.41) is 0. The smallest absolute Gasteiger partial charge is 0.114 e. The third-order valence-electron chi connectivity index (χ3n) is 3.57. The zero-order valence-electron chi connectivity index (χ0n) is 17.3. The monoisotopic (exact) mass is 352 g/mol. The highest BCUT2D eigenvalue weighted by Gasteiger charge is 2.26. The Hall–Kier alpha value is -0.800. The average Bonchev–Trinajstić information content (AvgIpc) is 2.78. The molecule has 0 saturated heterocycles. The van der Waals surface area contributed by atoms with E-state index in [4.69, 9.17) is 9.47 Å². The van der Waals surface area contributed by atoms with Crippen LogP contribution in [0.3, 0.4) is 0 Å². The van der Waals surface area contributed by atoms with Crippen molar-refractivity contribution in [2.75, 3.05) is 6.61 Å². The van der Waals surface area contributed by atoms with Gasteiger partial charge in [0.15, 0.2) is 0 Å². The summed E-state index contributed by atoms with van der Waals surface area (Å²) in [5.74, 6) is 0.919. The maximum absolute atomic E-state index is 5.99. The van der Waals surface area contributed by atoms with Crippen molar-refractivity contribution in [1.29, 1.82) is 0 Å². The lowest BCUT2D eigenvalue weighted by Crippen LogP contribution is -2.19. The zero-order chi connectivity index (χ0) is 18.8. The quantitative estimate of drug-likeness (QED) is 0.557. The molecule has 0 saturated carbocycles. The Balaban J connectivity index is 2.83. The maximum Gasteiger partial charge on any atom is 0.114 e. The van der Waals surface area contributed by atoms with Crippen molar-refractivity contribution in [2.24, 2.45) is 0 Å². The molecule has 138 valence electrons. The molecule has 0 bridgehead atoms. The van der Waals surface area contributed by atoms with Crippen LogP contribution in [0.1, 0.15) is 84.6 Å². The Kier molecular flexibility index (Phi) is 6.74. The van der Waals surface area contributed by atoms with Crippen molar-refractivity contribution in [1.82, 2.24) is 0 Å². The second-order valence-corrected chi connectivity index (χ2v) is 10.5. The van der Waals surface area contributed by atoms with Gasteiger partial charge in [-0.1, -0.05) is 41.5 Å². The molecule has 2 nitrogen and oxygen atoms in total. The topological polar surface area (TPSA) is 18.5 Å². The summed E-state index contributed by atoms with van der Waals surface area (Å²) in [5.41, 5.74) is 1.50. The molecule has 0 N–H and O–H groups in total. The molecule has 1 aromatic heterocycles. The molecule has 3 heteroatoms. The molecule has 0 aliphatic carbocycles. The van der Waals surface area contributed by atoms with Crippen LogP contribution in [0.5, 0.6) is 0 Å². The Morgan fingerprint density at radius 2 is 1.58 bits per heavy atom. The van der Waals surface area contributed by atoms with Gasteiger partial charge in [0.25, 0.3) is 0 Å². The number of thiophene rings is 1. The van der Waals surface area contributed by atoms with E-state index in [9.17, 15) is 0 Å². The molecular formula is C21H36O2S. The molecule has 1 rings (SSSR count). The largest absolute Gasteiger partial charge is 0.494 e. The Morgan fingerprint density at radius 1 is 1.00 bits per heavy atom. The average molecular weight is 353 g/mol. The van der Waals surface area contributed by atoms with Crippen LogP contribution in [0.15, 0.2) is 17.9 Å². The van der Waals surface area contributed by atoms with E-state index in [1.807, 2.05) is 24.3 Å². The van der Waals surface area contributed by atoms with Gasteiger partial charge in [-0.25, -0.2) is 0 Å². The fourth-order valence-electron chi connectivity index (χ4n) is 2.20. The van der Waals surface area contributed by atoms with Crippen molar-refractivity contribution < 1.29 is 9.47 Å². The highest BCUT2D eigenvalue weighted by atomic mass is 32.1. The van der Waals surface area contributed by atoms with Crippen molar-refractivity contribution >= 4 is 11.3 Å². The lowest BCUT2D eigenvalue weighted by molar-refractivity contribution is 0.0134. The van der Waals surface area contributed by atoms with Crippen molar-refractivity contribution in [3.05, 3.63) is 33.2 Å². The van der Waals surface area contributed by atoms with Crippen molar-refractivity contribution in [3.63, 3.8) is 0 Å². The third kappa shape index (κ3) is 6.98. The Labute approximate surface area is 153 Å². The van der Waals surface area contributed by atoms with Crippen LogP contribution in [-0.2, 0) is 26.9 Å². The molecule has 0 atom stereocenters. The van der Waals surface area contributed by atoms with Gasteiger partial charge in [-0.05, 0) is 50.7 Å². The minimum absolute atomic E-state index is 0.120. The Morgan fingerprint density at radius 3 is 2.04 bits per heavy atom. The van der Waals surface area contributed by atoms with Gasteiger partial charge in [-0.15, -0.1) is 11.3 Å². The predicted octanol–water partition coefficient (Wildman–Crippen LogP) is 6.58. The van der Waals surface area contributed by atoms with Gasteiger partial charge in [0.1, 0.15) is 6.61 Å². The molecule has 24 heavy (non-hydrogen) atoms. The van der Waals surface area contributed by atoms with Gasteiger partial charge >= 0.3 is 0 Å². The minimum Gasteiger partial charge on any atom is -0.494 e. The SMILES string of the molecule is C/C(=C\COC(C)(C)C)OCc1cc(C(C)(C)C)sc1C(C)(C)C. The first-order valence-electron chi connectivity index (χ1n) is 8.77. The van der Waals surface area contributed by atoms with Crippen molar-refractivity contribution in [3.8, 4) is 0 Å². The van der Waals surface area contributed by atoms with E-state index in [1.165, 1.54) is 15.3 Å². The standard InChI is InChI=1S/C21H36O2S/c1-15(11-12-23-21(8,9)10)22-14-16-13-17(19(2,3)4)24-18(16)20(5,6)7/h11,13H,12,14H2,1-10H3/b15-11+. The van der Waals surface area contributed by atoms with Crippen LogP contribution in [0, 0.1) is 0 Å². The summed E-state index contributed by atoms with van der Waals surface area (Å²) in [7, 11) is 0. The molecular weight excluding hydrogens is 316 g/mol. The van der Waals surface area contributed by atoms with Gasteiger partial charge in [0, 0.05) is 15.3 Å². The normalized spacial score (nSPS) is 14.2. The molecule has 1 aromatic rings. The van der Waals surface area contributed by atoms with E-state index in [0.717, 1.165) is 5.76 Å². The van der Waals surface area contributed by atoms with Gasteiger partial charge in [0.05, 0.1) is 18.0 Å². The van der Waals surface area contributed by atoms with Gasteiger partial charge < -0.3 is 9.47 Å². The van der Waals surface area contributed by atoms with E-state index >= 15 is 0 Å². The fourth-order valence-corrected chi connectivity index (χ4v) is 3.48. The first kappa shape index (κ1) is 21.2. The van der Waals surface area contributed by atoms with Crippen LogP contribution in [0.4, 0.5) is 0 Å². The fraction of sp³-hybridized carbons (Fsp3) is 0.714. The van der Waals surface area contributed by atoms with Crippen LogP contribution in [0.2, 0.25) is 0 Å². The molecule has 1 heterocycles. The summed E-state index contributed by atoms with van der Waals surface area (Å²) in [6.45, 7) is 23.0. The van der Waals surface area contributed by atoms with E-state index in [0.29, 0.717) is 13.2 Å². The Bertz CT molecular complexity index is 560. The summed E-state index contributed by atoms with van der Waals surface area (Å²) in [4.78, 5) is 2.84. The van der Waals surface area contributed by atoms with Crippen LogP contribution < -0.4 is 0 Å². The second kappa shape index (κ2) is 7.61. The van der Waals surface area contributed by atoms with E-state index in [-0.39, 0.29) is 16.4 Å². The number of hydrogen-bond donors (Lipinski definition) is 0. The maximum atomic E-state index is 5.99. The molecule has 0 radical (unpaired) electrons. The van der Waals surface area contributed by atoms with Gasteiger partial charge in [-0.2, -0.15) is 0 Å². The predicted molar refractivity (Wildman–Crippen MR) is 106 cm³/mol. The summed E-state index contributed by atoms with van der Waals surface area (Å²) < 4.78 is 11.7. The molecule has 0 fully saturated rings. The van der Waals surface area contributed by atoms with E-state index < -0.39 is 0 Å². The number of ether oxygens (including phenoxy) is 2. The molecule has 0 amide bonds. The first-order chi connectivity index (χ1) is 10.7. The highest BCUT2D eigenvalue weighted by molar-refractivity contribution is 7.12. The molecule has 0 spiro atoms. The first-order valence-corrected chi connectivity index (χ1v) is 9.59. The number of allylic oxidation sites excluding steroid dienone is 1. The summed E-state index contributed by atoms with van der Waals surface area (Å²) in [6.07, 6.45) is 2.01. The summed E-state index contributed by atoms with van der Waals surface area (Å²) >= 11 is 1.92. The van der Waals surface area contributed by atoms with E-state index in [1.54, 1.807) is 0 Å². The number of rotatable bonds is 5. The third-order valence-corrected chi connectivity index (χ3v) is 5.60. The summed E-state index contributed by atoms with van der Waals surface area (Å²) in [6, 6.07) is 2.32. The zero-order valence-corrected chi connectivity index (χ0v) is 18.1. The minimum atomic E-state index is -0.120. The van der Waals surface area contributed by atoms with Crippen LogP contribution in [0.25, 0.3) is 0 Å². The van der Waals surface area contributed by atoms with Gasteiger partial charge in [0.2, 0.25) is 0 Å². The van der Waals surface area contributed by atoms with E-state index in [2.05, 4.69) is 68.4 Å². The van der Waals surface area contributed by atoms with Crippen molar-refractivity contribution in [2.45, 2.75) is 92.3 Å². The lowest BCUT2D eigenvalue weighted by Gasteiger charge is -2.20. The molecule has 0 aliphatic heterocycles. The molecule has 0 unspecified atom stereocenters. The molecule has 0 aromatic carbocycles. The molecule has 0 aliphatic rings. The number of hydrogen-bond acceptors (Lipinski definition) is 3. The van der Waals surface area contributed by atoms with Crippen LogP contribution in [-0.4, -0.2) is 12.2 Å².